The van der Waals surface area contributed by atoms with Crippen molar-refractivity contribution >= 4 is 0 Å². The van der Waals surface area contributed by atoms with E-state index in [4.69, 9.17) is 10.5 Å². The molecule has 0 spiro atoms. The average molecular weight is 684 g/mol. The summed E-state index contributed by atoms with van der Waals surface area (Å²) >= 11 is 0. The lowest BCUT2D eigenvalue weighted by Crippen LogP contribution is -2.39. The highest BCUT2D eigenvalue weighted by Gasteiger charge is 2.30. The van der Waals surface area contributed by atoms with Gasteiger partial charge in [0.2, 0.25) is 0 Å². The Morgan fingerprint density at radius 1 is 0.760 bits per heavy atom. The maximum Gasteiger partial charge on any atom is 0.0991 e. The van der Waals surface area contributed by atoms with E-state index in [0.29, 0.717) is 12.8 Å². The van der Waals surface area contributed by atoms with Crippen molar-refractivity contribution in [3.63, 3.8) is 0 Å². The molecule has 0 amide bonds. The van der Waals surface area contributed by atoms with Gasteiger partial charge >= 0.3 is 0 Å². The second kappa shape index (κ2) is 24.5. The van der Waals surface area contributed by atoms with E-state index in [1.165, 1.54) is 18.4 Å². The number of benzene rings is 1. The maximum atomic E-state index is 8.92. The predicted octanol–water partition coefficient (Wildman–Crippen LogP) is 10.2. The van der Waals surface area contributed by atoms with Crippen LogP contribution < -0.4 is 0 Å². The van der Waals surface area contributed by atoms with Crippen molar-refractivity contribution in [1.82, 2.24) is 24.3 Å². The fraction of sp³-hybridized carbons (Fsp3) is 0.605. The molecule has 0 atom stereocenters. The zero-order valence-electron chi connectivity index (χ0n) is 33.1. The molecule has 3 saturated heterocycles. The molecule has 276 valence electrons. The van der Waals surface area contributed by atoms with Gasteiger partial charge in [0, 0.05) is 62.8 Å². The van der Waals surface area contributed by atoms with Crippen molar-refractivity contribution in [3.8, 4) is 17.8 Å². The molecule has 5 rings (SSSR count). The molecule has 2 aromatic rings. The van der Waals surface area contributed by atoms with Crippen LogP contribution in [-0.2, 0) is 6.54 Å². The van der Waals surface area contributed by atoms with E-state index in [-0.39, 0.29) is 10.8 Å². The van der Waals surface area contributed by atoms with Crippen LogP contribution in [0.1, 0.15) is 112 Å². The van der Waals surface area contributed by atoms with Crippen molar-refractivity contribution in [1.29, 1.82) is 10.5 Å². The van der Waals surface area contributed by atoms with Crippen LogP contribution in [0.4, 0.5) is 0 Å². The van der Waals surface area contributed by atoms with E-state index in [1.54, 1.807) is 6.20 Å². The minimum atomic E-state index is 0.215. The Balaban J connectivity index is 0.000000435. The van der Waals surface area contributed by atoms with Crippen LogP contribution in [0.2, 0.25) is 0 Å². The lowest BCUT2D eigenvalue weighted by Gasteiger charge is -2.38. The number of likely N-dealkylation sites (tertiary alicyclic amines) is 3. The van der Waals surface area contributed by atoms with E-state index in [9.17, 15) is 0 Å². The molecule has 0 N–H and O–H groups in total. The third kappa shape index (κ3) is 15.5. The SMILES string of the molecule is C=C(/C=C\C(=C)N1CCCC1)CN1CCC(C)(CC#N)CC1.CC.CC.CC.CC1(CC#N)CCN(Cc2ccc(-n3ccnc3)cc2)CC1. The number of hydrogen-bond donors (Lipinski definition) is 0. The minimum absolute atomic E-state index is 0.215. The summed E-state index contributed by atoms with van der Waals surface area (Å²) in [6.45, 7) is 33.3. The van der Waals surface area contributed by atoms with Gasteiger partial charge in [-0.1, -0.05) is 86.8 Å². The lowest BCUT2D eigenvalue weighted by atomic mass is 9.78. The normalized spacial score (nSPS) is 17.9. The zero-order valence-corrected chi connectivity index (χ0v) is 33.1. The second-order valence-corrected chi connectivity index (χ2v) is 13.7. The number of aromatic nitrogens is 2. The van der Waals surface area contributed by atoms with Crippen LogP contribution in [-0.4, -0.2) is 70.1 Å². The smallest absolute Gasteiger partial charge is 0.0991 e. The largest absolute Gasteiger partial charge is 0.372 e. The average Bonchev–Trinajstić information content (AvgIpc) is 3.89. The van der Waals surface area contributed by atoms with Gasteiger partial charge < -0.3 is 9.47 Å². The van der Waals surface area contributed by atoms with Gasteiger partial charge in [-0.15, -0.1) is 0 Å². The number of nitrogens with zero attached hydrogens (tertiary/aromatic N) is 7. The van der Waals surface area contributed by atoms with Crippen LogP contribution >= 0.6 is 0 Å². The Morgan fingerprint density at radius 2 is 1.26 bits per heavy atom. The number of allylic oxidation sites excluding steroid dienone is 1. The van der Waals surface area contributed by atoms with Crippen LogP contribution in [0.5, 0.6) is 0 Å². The summed E-state index contributed by atoms with van der Waals surface area (Å²) in [4.78, 5) is 11.4. The molecule has 0 aliphatic carbocycles. The van der Waals surface area contributed by atoms with Crippen molar-refractivity contribution in [3.05, 3.63) is 85.1 Å². The van der Waals surface area contributed by atoms with Gasteiger partial charge in [-0.25, -0.2) is 4.98 Å². The van der Waals surface area contributed by atoms with Gasteiger partial charge in [-0.2, -0.15) is 10.5 Å². The molecule has 0 saturated carbocycles. The summed E-state index contributed by atoms with van der Waals surface area (Å²) in [5.41, 5.74) is 5.17. The van der Waals surface area contributed by atoms with Crippen LogP contribution in [0.15, 0.2) is 79.6 Å². The highest BCUT2D eigenvalue weighted by Crippen LogP contribution is 2.35. The monoisotopic (exact) mass is 684 g/mol. The standard InChI is InChI=1S/C19H29N3.C18H22N4.3C2H6/c1-17(6-7-18(2)22-12-4-5-13-22)16-21-14-9-19(3,8-11-20)10-15-21;1-18(6-9-19)7-11-21(12-8-18)14-16-2-4-17(5-3-16)22-13-10-20-15-22;3*1-2/h6-7H,1-2,4-5,8-10,12-16H2,3H3;2-5,10,13,15H,6-8,11-12,14H2,1H3;3*1-2H3/b7-6-;;;;. The second-order valence-electron chi connectivity index (χ2n) is 13.7. The molecule has 7 heteroatoms. The Kier molecular flexibility index (Phi) is 21.7. The van der Waals surface area contributed by atoms with Crippen LogP contribution in [0.25, 0.3) is 5.69 Å². The van der Waals surface area contributed by atoms with E-state index in [2.05, 4.69) is 95.2 Å². The number of imidazole rings is 1. The summed E-state index contributed by atoms with van der Waals surface area (Å²) in [6.07, 6.45) is 18.2. The summed E-state index contributed by atoms with van der Waals surface area (Å²) in [6, 6.07) is 13.3. The van der Waals surface area contributed by atoms with Crippen LogP contribution in [0, 0.1) is 33.5 Å². The Morgan fingerprint density at radius 3 is 1.72 bits per heavy atom. The molecule has 1 aromatic heterocycles. The first-order valence-electron chi connectivity index (χ1n) is 19.3. The molecular weight excluding hydrogens is 615 g/mol. The van der Waals surface area contributed by atoms with Crippen molar-refractivity contribution in [2.45, 2.75) is 113 Å². The third-order valence-corrected chi connectivity index (χ3v) is 9.73. The number of hydrogen-bond acceptors (Lipinski definition) is 6. The highest BCUT2D eigenvalue weighted by atomic mass is 15.1. The number of piperidine rings is 2. The van der Waals surface area contributed by atoms with E-state index in [1.807, 2.05) is 58.6 Å². The first-order valence-corrected chi connectivity index (χ1v) is 19.3. The number of rotatable bonds is 10. The predicted molar refractivity (Wildman–Crippen MR) is 213 cm³/mol. The molecule has 1 aromatic carbocycles. The molecule has 7 nitrogen and oxygen atoms in total. The van der Waals surface area contributed by atoms with Gasteiger partial charge in [-0.05, 0) is 105 Å². The first-order chi connectivity index (χ1) is 24.2. The van der Waals surface area contributed by atoms with Crippen molar-refractivity contribution in [2.75, 3.05) is 45.8 Å². The molecule has 3 aliphatic rings. The zero-order chi connectivity index (χ0) is 37.4. The lowest BCUT2D eigenvalue weighted by molar-refractivity contribution is 0.116. The van der Waals surface area contributed by atoms with E-state index in [0.717, 1.165) is 95.0 Å². The molecule has 50 heavy (non-hydrogen) atoms. The van der Waals surface area contributed by atoms with E-state index >= 15 is 0 Å². The Labute approximate surface area is 307 Å². The Bertz CT molecular complexity index is 1300. The molecular formula is C43H69N7. The van der Waals surface area contributed by atoms with Crippen molar-refractivity contribution in [2.24, 2.45) is 10.8 Å². The van der Waals surface area contributed by atoms with Gasteiger partial charge in [-0.3, -0.25) is 9.80 Å². The van der Waals surface area contributed by atoms with Gasteiger partial charge in [0.25, 0.3) is 0 Å². The van der Waals surface area contributed by atoms with Gasteiger partial charge in [0.15, 0.2) is 0 Å². The fourth-order valence-electron chi connectivity index (χ4n) is 6.34. The van der Waals surface area contributed by atoms with Gasteiger partial charge in [0.05, 0.1) is 18.5 Å². The fourth-order valence-corrected chi connectivity index (χ4v) is 6.34. The summed E-state index contributed by atoms with van der Waals surface area (Å²) in [5.74, 6) is 0. The third-order valence-electron chi connectivity index (χ3n) is 9.73. The molecule has 4 heterocycles. The molecule has 3 aliphatic heterocycles. The number of nitriles is 2. The maximum absolute atomic E-state index is 8.92. The van der Waals surface area contributed by atoms with E-state index < -0.39 is 0 Å². The molecule has 3 fully saturated rings. The Hall–Kier alpha value is -3.65. The van der Waals surface area contributed by atoms with Gasteiger partial charge in [0.1, 0.15) is 0 Å². The first kappa shape index (κ1) is 44.4. The quantitative estimate of drug-likeness (QED) is 0.232. The minimum Gasteiger partial charge on any atom is -0.372 e. The summed E-state index contributed by atoms with van der Waals surface area (Å²) in [5, 5.41) is 17.8. The highest BCUT2D eigenvalue weighted by molar-refractivity contribution is 5.34. The molecule has 0 bridgehead atoms. The summed E-state index contributed by atoms with van der Waals surface area (Å²) in [7, 11) is 0. The topological polar surface area (TPSA) is 75.1 Å². The summed E-state index contributed by atoms with van der Waals surface area (Å²) < 4.78 is 2.01. The van der Waals surface area contributed by atoms with Crippen molar-refractivity contribution < 1.29 is 0 Å². The molecule has 0 unspecified atom stereocenters. The molecule has 0 radical (unpaired) electrons. The van der Waals surface area contributed by atoms with Crippen LogP contribution in [0.3, 0.4) is 0 Å².